The van der Waals surface area contributed by atoms with Gasteiger partial charge in [0.1, 0.15) is 30.5 Å². The summed E-state index contributed by atoms with van der Waals surface area (Å²) in [6.07, 6.45) is -0.538. The lowest BCUT2D eigenvalue weighted by atomic mass is 9.54. The smallest absolute Gasteiger partial charge is 0.338 e. The van der Waals surface area contributed by atoms with Crippen LogP contribution in [0.4, 0.5) is 0 Å². The molecule has 0 amide bonds. The molecule has 12 heteroatoms. The predicted molar refractivity (Wildman–Crippen MR) is 162 cm³/mol. The second-order valence-corrected chi connectivity index (χ2v) is 13.9. The third-order valence-electron chi connectivity index (χ3n) is 10.3. The number of rotatable bonds is 7. The number of ether oxygens (including phenoxy) is 6. The molecule has 3 fully saturated rings. The summed E-state index contributed by atoms with van der Waals surface area (Å²) in [6.45, 7) is 11.2. The van der Waals surface area contributed by atoms with Crippen LogP contribution in [0.5, 0.6) is 0 Å². The molecule has 47 heavy (non-hydrogen) atoms. The largest absolute Gasteiger partial charge is 0.465 e. The molecule has 1 aromatic carbocycles. The van der Waals surface area contributed by atoms with Gasteiger partial charge in [0.05, 0.1) is 22.5 Å². The van der Waals surface area contributed by atoms with Gasteiger partial charge in [-0.1, -0.05) is 31.2 Å². The van der Waals surface area contributed by atoms with E-state index >= 15 is 4.79 Å². The number of ketones is 1. The van der Waals surface area contributed by atoms with Crippen LogP contribution in [0.2, 0.25) is 0 Å². The van der Waals surface area contributed by atoms with E-state index in [1.807, 2.05) is 0 Å². The Morgan fingerprint density at radius 1 is 0.851 bits per heavy atom. The molecular formula is C35H42O12. The number of carbonyl (C=O) groups excluding carboxylic acids is 6. The summed E-state index contributed by atoms with van der Waals surface area (Å²) >= 11 is 0. The lowest BCUT2D eigenvalue weighted by molar-refractivity contribution is -0.207. The molecule has 0 radical (unpaired) electrons. The van der Waals surface area contributed by atoms with Crippen molar-refractivity contribution in [2.24, 2.45) is 29.1 Å². The van der Waals surface area contributed by atoms with Gasteiger partial charge >= 0.3 is 29.8 Å². The number of hydrogen-bond donors (Lipinski definition) is 0. The van der Waals surface area contributed by atoms with Gasteiger partial charge in [0, 0.05) is 46.0 Å². The van der Waals surface area contributed by atoms with E-state index in [0.29, 0.717) is 0 Å². The highest BCUT2D eigenvalue weighted by Gasteiger charge is 2.82. The van der Waals surface area contributed by atoms with Crippen molar-refractivity contribution in [2.45, 2.75) is 96.9 Å². The number of hydrogen-bond acceptors (Lipinski definition) is 12. The molecule has 10 atom stereocenters. The Morgan fingerprint density at radius 2 is 1.49 bits per heavy atom. The lowest BCUT2D eigenvalue weighted by Crippen LogP contribution is -2.64. The van der Waals surface area contributed by atoms with Crippen molar-refractivity contribution in [3.05, 3.63) is 48.0 Å². The Bertz CT molecular complexity index is 1520. The average molecular weight is 655 g/mol. The van der Waals surface area contributed by atoms with E-state index in [-0.39, 0.29) is 12.0 Å². The summed E-state index contributed by atoms with van der Waals surface area (Å²) in [7, 11) is 0. The van der Waals surface area contributed by atoms with Gasteiger partial charge in [0.25, 0.3) is 0 Å². The average Bonchev–Trinajstić information content (AvgIpc) is 3.34. The molecular weight excluding hydrogens is 612 g/mol. The number of carbonyl (C=O) groups is 6. The second-order valence-electron chi connectivity index (χ2n) is 13.9. The molecule has 1 heterocycles. The second kappa shape index (κ2) is 11.9. The van der Waals surface area contributed by atoms with Crippen LogP contribution in [-0.2, 0) is 52.4 Å². The summed E-state index contributed by atoms with van der Waals surface area (Å²) in [5.41, 5.74) is -6.38. The van der Waals surface area contributed by atoms with E-state index in [0.717, 1.165) is 6.92 Å². The Hall–Kier alpha value is -4.06. The summed E-state index contributed by atoms with van der Waals surface area (Å²) < 4.78 is 36.9. The zero-order valence-corrected chi connectivity index (χ0v) is 27.9. The van der Waals surface area contributed by atoms with Crippen molar-refractivity contribution in [3.8, 4) is 0 Å². The van der Waals surface area contributed by atoms with Crippen LogP contribution in [0.25, 0.3) is 0 Å². The van der Waals surface area contributed by atoms with Crippen molar-refractivity contribution >= 4 is 35.6 Å². The van der Waals surface area contributed by atoms with Crippen molar-refractivity contribution in [2.75, 3.05) is 6.61 Å². The highest BCUT2D eigenvalue weighted by Crippen LogP contribution is 2.67. The minimum Gasteiger partial charge on any atom is -0.465 e. The molecule has 0 bridgehead atoms. The van der Waals surface area contributed by atoms with Crippen LogP contribution in [-0.4, -0.2) is 77.4 Å². The number of benzene rings is 1. The molecule has 1 aromatic rings. The topological polar surface area (TPSA) is 158 Å². The quantitative estimate of drug-likeness (QED) is 0.240. The highest BCUT2D eigenvalue weighted by atomic mass is 16.6. The molecule has 12 nitrogen and oxygen atoms in total. The van der Waals surface area contributed by atoms with E-state index in [1.54, 1.807) is 70.2 Å². The van der Waals surface area contributed by atoms with Gasteiger partial charge in [0.2, 0.25) is 5.78 Å². The van der Waals surface area contributed by atoms with Gasteiger partial charge in [0.15, 0.2) is 5.60 Å². The Morgan fingerprint density at radius 3 is 2.06 bits per heavy atom. The van der Waals surface area contributed by atoms with Crippen molar-refractivity contribution in [3.63, 3.8) is 0 Å². The molecule has 0 N–H and O–H groups in total. The Kier molecular flexibility index (Phi) is 8.66. The standard InChI is InChI=1S/C35H42O12/c1-18-16-35(46-22(5)39)26(27(18)44-21(4)38)29(45-30(40)23-12-10-9-11-13-23)34(17-42-19(2)36)25(43-20(3)37)15-14-24-28(34)33(8,31(35)41)47-32(24,6)7/h9-15,18,24-29H,16-17H2,1-8H3. The van der Waals surface area contributed by atoms with E-state index in [4.69, 9.17) is 28.4 Å². The molecule has 2 saturated carbocycles. The summed E-state index contributed by atoms with van der Waals surface area (Å²) in [4.78, 5) is 80.4. The minimum atomic E-state index is -2.03. The molecule has 10 unspecified atom stereocenters. The lowest BCUT2D eigenvalue weighted by Gasteiger charge is -2.53. The molecule has 0 spiro atoms. The summed E-state index contributed by atoms with van der Waals surface area (Å²) in [6, 6.07) is 8.11. The first kappa shape index (κ1) is 34.3. The van der Waals surface area contributed by atoms with E-state index in [1.165, 1.54) is 20.8 Å². The van der Waals surface area contributed by atoms with Gasteiger partial charge in [-0.05, 0) is 44.9 Å². The first-order chi connectivity index (χ1) is 21.9. The van der Waals surface area contributed by atoms with Gasteiger partial charge in [-0.25, -0.2) is 4.79 Å². The number of esters is 5. The van der Waals surface area contributed by atoms with Gasteiger partial charge in [-0.2, -0.15) is 0 Å². The summed E-state index contributed by atoms with van der Waals surface area (Å²) in [5.74, 6) is -7.73. The third kappa shape index (κ3) is 5.44. The van der Waals surface area contributed by atoms with Crippen LogP contribution < -0.4 is 0 Å². The van der Waals surface area contributed by atoms with E-state index in [9.17, 15) is 24.0 Å². The summed E-state index contributed by atoms with van der Waals surface area (Å²) in [5, 5.41) is 0. The van der Waals surface area contributed by atoms with Crippen LogP contribution in [0.15, 0.2) is 42.5 Å². The third-order valence-corrected chi connectivity index (χ3v) is 10.3. The minimum absolute atomic E-state index is 0.0977. The molecule has 254 valence electrons. The van der Waals surface area contributed by atoms with Crippen molar-refractivity contribution in [1.82, 2.24) is 0 Å². The predicted octanol–water partition coefficient (Wildman–Crippen LogP) is 3.54. The Balaban J connectivity index is 1.92. The normalized spacial score (nSPS) is 37.9. The van der Waals surface area contributed by atoms with Crippen molar-refractivity contribution < 1.29 is 57.2 Å². The van der Waals surface area contributed by atoms with Gasteiger partial charge in [-0.15, -0.1) is 0 Å². The maximum absolute atomic E-state index is 15.4. The van der Waals surface area contributed by atoms with Gasteiger partial charge in [-0.3, -0.25) is 24.0 Å². The molecule has 1 saturated heterocycles. The first-order valence-corrected chi connectivity index (χ1v) is 15.8. The molecule has 0 aromatic heterocycles. The van der Waals surface area contributed by atoms with Crippen LogP contribution in [0.3, 0.4) is 0 Å². The van der Waals surface area contributed by atoms with Crippen LogP contribution in [0, 0.1) is 29.1 Å². The fraction of sp³-hybridized carbons (Fsp3) is 0.600. The monoisotopic (exact) mass is 654 g/mol. The van der Waals surface area contributed by atoms with Crippen molar-refractivity contribution in [1.29, 1.82) is 0 Å². The zero-order chi connectivity index (χ0) is 34.7. The van der Waals surface area contributed by atoms with Crippen LogP contribution in [0.1, 0.15) is 72.2 Å². The fourth-order valence-electron chi connectivity index (χ4n) is 9.02. The molecule has 3 aliphatic carbocycles. The maximum atomic E-state index is 15.4. The molecule has 5 rings (SSSR count). The molecule has 1 aliphatic heterocycles. The highest BCUT2D eigenvalue weighted by molar-refractivity contribution is 5.99. The number of fused-ring (bicyclic) bond motifs is 1. The number of Topliss-reactive ketones (excluding diaryl/α,β-unsaturated/α-hetero) is 1. The fourth-order valence-corrected chi connectivity index (χ4v) is 9.02. The zero-order valence-electron chi connectivity index (χ0n) is 27.9. The molecule has 4 aliphatic rings. The first-order valence-electron chi connectivity index (χ1n) is 15.8. The Labute approximate surface area is 273 Å². The maximum Gasteiger partial charge on any atom is 0.338 e. The SMILES string of the molecule is CC(=O)OCC12C(OC(C)=O)C=CC3C1C(C)(OC3(C)C)C(=O)C1(OC(C)=O)CC(C)C(OC(C)=O)C1C2OC(=O)c1ccccc1. The van der Waals surface area contributed by atoms with E-state index < -0.39 is 106 Å². The van der Waals surface area contributed by atoms with Crippen LogP contribution >= 0.6 is 0 Å². The van der Waals surface area contributed by atoms with E-state index in [2.05, 4.69) is 0 Å². The van der Waals surface area contributed by atoms with Gasteiger partial charge < -0.3 is 28.4 Å².